The van der Waals surface area contributed by atoms with Crippen LogP contribution < -0.4 is 14.5 Å². The topological polar surface area (TPSA) is 34.1 Å². The van der Waals surface area contributed by atoms with Crippen molar-refractivity contribution in [2.75, 3.05) is 12.1 Å². The third kappa shape index (κ3) is 5.79. The normalized spacial score (nSPS) is 10.9. The van der Waals surface area contributed by atoms with Crippen molar-refractivity contribution in [2.24, 2.45) is 5.10 Å². The molecule has 0 unspecified atom stereocenters. The summed E-state index contributed by atoms with van der Waals surface area (Å²) in [5.74, 6) is 0.879. The summed E-state index contributed by atoms with van der Waals surface area (Å²) in [6.07, 6.45) is 1.77. The number of hydrogen-bond donors (Lipinski definition) is 0. The Balaban J connectivity index is 1.59. The summed E-state index contributed by atoms with van der Waals surface area (Å²) in [6.45, 7) is 0.298. The lowest BCUT2D eigenvalue weighted by molar-refractivity contribution is 0.284. The van der Waals surface area contributed by atoms with Crippen molar-refractivity contribution in [1.29, 1.82) is 0 Å². The Hall–Kier alpha value is -3.64. The van der Waals surface area contributed by atoms with Crippen LogP contribution in [0.3, 0.4) is 0 Å². The van der Waals surface area contributed by atoms with E-state index in [0.29, 0.717) is 18.1 Å². The number of halogens is 2. The molecule has 0 bridgehead atoms. The maximum atomic E-state index is 13.1. The molecule has 0 saturated heterocycles. The van der Waals surface area contributed by atoms with Crippen molar-refractivity contribution in [3.8, 4) is 11.5 Å². The van der Waals surface area contributed by atoms with Crippen LogP contribution in [-0.2, 0) is 6.61 Å². The summed E-state index contributed by atoms with van der Waals surface area (Å²) in [5.41, 5.74) is 3.59. The maximum Gasteiger partial charge on any atom is 0.162 e. The van der Waals surface area contributed by atoms with Crippen LogP contribution >= 0.6 is 15.9 Å². The number of benzene rings is 4. The van der Waals surface area contributed by atoms with Crippen LogP contribution in [0.5, 0.6) is 11.5 Å². The Labute approximate surface area is 201 Å². The van der Waals surface area contributed by atoms with E-state index >= 15 is 0 Å². The van der Waals surface area contributed by atoms with E-state index in [4.69, 9.17) is 14.6 Å². The highest BCUT2D eigenvalue weighted by Gasteiger charge is 2.12. The molecule has 33 heavy (non-hydrogen) atoms. The first-order chi connectivity index (χ1) is 16.1. The molecular weight excluding hydrogens is 483 g/mol. The van der Waals surface area contributed by atoms with Crippen LogP contribution in [0.2, 0.25) is 0 Å². The molecule has 0 amide bonds. The minimum Gasteiger partial charge on any atom is -0.493 e. The molecule has 0 N–H and O–H groups in total. The number of methoxy groups -OCH3 is 1. The smallest absolute Gasteiger partial charge is 0.162 e. The molecule has 0 aliphatic rings. The fraction of sp³-hybridized carbons (Fsp3) is 0.0741. The van der Waals surface area contributed by atoms with Crippen molar-refractivity contribution in [3.05, 3.63) is 118 Å². The summed E-state index contributed by atoms with van der Waals surface area (Å²) in [7, 11) is 1.59. The fourth-order valence-electron chi connectivity index (χ4n) is 3.20. The predicted octanol–water partition coefficient (Wildman–Crippen LogP) is 7.35. The minimum atomic E-state index is -0.275. The summed E-state index contributed by atoms with van der Waals surface area (Å²) in [5, 5.41) is 6.62. The zero-order valence-electron chi connectivity index (χ0n) is 18.0. The van der Waals surface area contributed by atoms with E-state index in [9.17, 15) is 4.39 Å². The van der Waals surface area contributed by atoms with E-state index < -0.39 is 0 Å². The van der Waals surface area contributed by atoms with Gasteiger partial charge in [-0.15, -0.1) is 0 Å². The first-order valence-corrected chi connectivity index (χ1v) is 11.1. The van der Waals surface area contributed by atoms with Crippen molar-refractivity contribution in [1.82, 2.24) is 0 Å². The molecule has 0 fully saturated rings. The molecule has 0 atom stereocenters. The minimum absolute atomic E-state index is 0.275. The van der Waals surface area contributed by atoms with Crippen LogP contribution in [0, 0.1) is 5.82 Å². The van der Waals surface area contributed by atoms with E-state index in [1.165, 1.54) is 12.1 Å². The van der Waals surface area contributed by atoms with Crippen LogP contribution in [0.1, 0.15) is 11.1 Å². The lowest BCUT2D eigenvalue weighted by Gasteiger charge is -2.19. The van der Waals surface area contributed by atoms with Gasteiger partial charge in [-0.05, 0) is 70.0 Å². The first-order valence-electron chi connectivity index (χ1n) is 10.3. The number of hydrogen-bond acceptors (Lipinski definition) is 4. The first kappa shape index (κ1) is 22.6. The van der Waals surface area contributed by atoms with Gasteiger partial charge in [-0.3, -0.25) is 0 Å². The molecule has 0 aromatic heterocycles. The van der Waals surface area contributed by atoms with E-state index in [1.54, 1.807) is 25.5 Å². The maximum absolute atomic E-state index is 13.1. The predicted molar refractivity (Wildman–Crippen MR) is 134 cm³/mol. The number of hydrazone groups is 1. The highest BCUT2D eigenvalue weighted by atomic mass is 79.9. The molecule has 4 aromatic rings. The molecule has 0 spiro atoms. The van der Waals surface area contributed by atoms with Gasteiger partial charge in [0.25, 0.3) is 0 Å². The van der Waals surface area contributed by atoms with Crippen LogP contribution in [0.4, 0.5) is 15.8 Å². The van der Waals surface area contributed by atoms with E-state index in [1.807, 2.05) is 77.8 Å². The van der Waals surface area contributed by atoms with Gasteiger partial charge in [-0.2, -0.15) is 5.10 Å². The van der Waals surface area contributed by atoms with Crippen molar-refractivity contribution in [2.45, 2.75) is 6.61 Å². The van der Waals surface area contributed by atoms with Crippen LogP contribution in [0.15, 0.2) is 107 Å². The SMILES string of the molecule is COc1cc(/C=N/N(c2ccccc2)c2ccccc2)c(Br)cc1OCc1ccc(F)cc1. The van der Waals surface area contributed by atoms with Gasteiger partial charge in [0.2, 0.25) is 0 Å². The summed E-state index contributed by atoms with van der Waals surface area (Å²) in [6, 6.07) is 29.8. The van der Waals surface area contributed by atoms with Gasteiger partial charge in [0, 0.05) is 10.0 Å². The average Bonchev–Trinajstić information content (AvgIpc) is 2.86. The zero-order valence-corrected chi connectivity index (χ0v) is 19.6. The van der Waals surface area contributed by atoms with E-state index in [-0.39, 0.29) is 5.82 Å². The Morgan fingerprint density at radius 2 is 1.45 bits per heavy atom. The van der Waals surface area contributed by atoms with Gasteiger partial charge >= 0.3 is 0 Å². The number of rotatable bonds is 8. The molecule has 0 heterocycles. The second kappa shape index (κ2) is 10.8. The number of anilines is 2. The molecule has 4 aromatic carbocycles. The number of ether oxygens (including phenoxy) is 2. The summed E-state index contributed by atoms with van der Waals surface area (Å²) >= 11 is 3.61. The summed E-state index contributed by atoms with van der Waals surface area (Å²) in [4.78, 5) is 0. The molecule has 6 heteroatoms. The second-order valence-electron chi connectivity index (χ2n) is 7.17. The monoisotopic (exact) mass is 504 g/mol. The number of nitrogens with zero attached hydrogens (tertiary/aromatic N) is 2. The van der Waals surface area contributed by atoms with Gasteiger partial charge in [0.1, 0.15) is 12.4 Å². The Bertz CT molecular complexity index is 1180. The summed E-state index contributed by atoms with van der Waals surface area (Å²) < 4.78 is 25.4. The molecule has 0 aliphatic carbocycles. The zero-order chi connectivity index (χ0) is 23.0. The molecule has 166 valence electrons. The molecule has 0 radical (unpaired) electrons. The molecule has 0 saturated carbocycles. The lowest BCUT2D eigenvalue weighted by Crippen LogP contribution is -2.09. The molecule has 4 rings (SSSR count). The number of para-hydroxylation sites is 2. The van der Waals surface area contributed by atoms with Crippen molar-refractivity contribution in [3.63, 3.8) is 0 Å². The lowest BCUT2D eigenvalue weighted by atomic mass is 10.2. The van der Waals surface area contributed by atoms with Gasteiger partial charge in [-0.1, -0.05) is 48.5 Å². The Morgan fingerprint density at radius 1 is 0.848 bits per heavy atom. The standard InChI is InChI=1S/C27H22BrFN2O2/c1-32-26-16-21(25(28)17-27(26)33-19-20-12-14-22(29)15-13-20)18-30-31(23-8-4-2-5-9-23)24-10-6-3-7-11-24/h2-18H,19H2,1H3/b30-18+. The fourth-order valence-corrected chi connectivity index (χ4v) is 3.63. The highest BCUT2D eigenvalue weighted by Crippen LogP contribution is 2.34. The van der Waals surface area contributed by atoms with Gasteiger partial charge < -0.3 is 9.47 Å². The third-order valence-electron chi connectivity index (χ3n) is 4.90. The Morgan fingerprint density at radius 3 is 2.03 bits per heavy atom. The molecule has 4 nitrogen and oxygen atoms in total. The van der Waals surface area contributed by atoms with Crippen LogP contribution in [0.25, 0.3) is 0 Å². The second-order valence-corrected chi connectivity index (χ2v) is 8.02. The van der Waals surface area contributed by atoms with Gasteiger partial charge in [0.05, 0.1) is 24.7 Å². The third-order valence-corrected chi connectivity index (χ3v) is 5.59. The Kier molecular flexibility index (Phi) is 7.37. The molecule has 0 aliphatic heterocycles. The van der Waals surface area contributed by atoms with E-state index in [2.05, 4.69) is 15.9 Å². The average molecular weight is 505 g/mol. The van der Waals surface area contributed by atoms with Crippen molar-refractivity contribution < 1.29 is 13.9 Å². The highest BCUT2D eigenvalue weighted by molar-refractivity contribution is 9.10. The van der Waals surface area contributed by atoms with E-state index in [0.717, 1.165) is 27.0 Å². The van der Waals surface area contributed by atoms with Crippen molar-refractivity contribution >= 4 is 33.5 Å². The van der Waals surface area contributed by atoms with Crippen LogP contribution in [-0.4, -0.2) is 13.3 Å². The van der Waals surface area contributed by atoms with Gasteiger partial charge in [-0.25, -0.2) is 9.40 Å². The quantitative estimate of drug-likeness (QED) is 0.186. The largest absolute Gasteiger partial charge is 0.493 e. The van der Waals surface area contributed by atoms with Gasteiger partial charge in [0.15, 0.2) is 11.5 Å². The molecular formula is C27H22BrFN2O2.